The molecule has 5 heteroatoms. The van der Waals surface area contributed by atoms with E-state index in [4.69, 9.17) is 10.3 Å². The number of benzene rings is 1. The smallest absolute Gasteiger partial charge is 0.235 e. The van der Waals surface area contributed by atoms with E-state index in [9.17, 15) is 0 Å². The summed E-state index contributed by atoms with van der Waals surface area (Å²) in [5, 5.41) is 3.83. The van der Waals surface area contributed by atoms with E-state index in [1.54, 1.807) is 0 Å². The Kier molecular flexibility index (Phi) is 2.41. The molecule has 1 aliphatic heterocycles. The van der Waals surface area contributed by atoms with Crippen molar-refractivity contribution in [3.8, 4) is 0 Å². The van der Waals surface area contributed by atoms with Crippen LogP contribution in [0.3, 0.4) is 0 Å². The SMILES string of the molecule is NCc1noc(C2CSc3ccccc32)n1. The minimum Gasteiger partial charge on any atom is -0.339 e. The summed E-state index contributed by atoms with van der Waals surface area (Å²) in [7, 11) is 0. The number of fused-ring (bicyclic) bond motifs is 1. The summed E-state index contributed by atoms with van der Waals surface area (Å²) in [6.45, 7) is 0.324. The van der Waals surface area contributed by atoms with E-state index in [1.807, 2.05) is 23.9 Å². The van der Waals surface area contributed by atoms with Gasteiger partial charge in [0.25, 0.3) is 0 Å². The van der Waals surface area contributed by atoms with Crippen LogP contribution in [0.15, 0.2) is 33.7 Å². The van der Waals surface area contributed by atoms with E-state index >= 15 is 0 Å². The Bertz CT molecular complexity index is 511. The molecule has 0 bridgehead atoms. The van der Waals surface area contributed by atoms with Gasteiger partial charge in [-0.15, -0.1) is 11.8 Å². The van der Waals surface area contributed by atoms with Gasteiger partial charge in [0.15, 0.2) is 5.82 Å². The Morgan fingerprint density at radius 3 is 3.12 bits per heavy atom. The molecule has 1 aliphatic rings. The molecule has 4 nitrogen and oxygen atoms in total. The van der Waals surface area contributed by atoms with Gasteiger partial charge in [-0.05, 0) is 11.6 Å². The van der Waals surface area contributed by atoms with Gasteiger partial charge in [-0.25, -0.2) is 0 Å². The number of nitrogens with two attached hydrogens (primary N) is 1. The first-order valence-electron chi connectivity index (χ1n) is 5.13. The molecule has 2 N–H and O–H groups in total. The Hall–Kier alpha value is -1.33. The van der Waals surface area contributed by atoms with Crippen molar-refractivity contribution in [3.63, 3.8) is 0 Å². The van der Waals surface area contributed by atoms with E-state index in [0.717, 1.165) is 5.75 Å². The van der Waals surface area contributed by atoms with Crippen LogP contribution in [0.1, 0.15) is 23.2 Å². The van der Waals surface area contributed by atoms with Gasteiger partial charge < -0.3 is 10.3 Å². The second-order valence-electron chi connectivity index (χ2n) is 3.65. The zero-order valence-corrected chi connectivity index (χ0v) is 9.41. The molecule has 0 radical (unpaired) electrons. The van der Waals surface area contributed by atoms with E-state index in [2.05, 4.69) is 22.3 Å². The highest BCUT2D eigenvalue weighted by atomic mass is 32.2. The predicted octanol–water partition coefficient (Wildman–Crippen LogP) is 1.77. The molecule has 1 atom stereocenters. The van der Waals surface area contributed by atoms with Crippen LogP contribution in [-0.2, 0) is 6.54 Å². The molecule has 2 heterocycles. The predicted molar refractivity (Wildman–Crippen MR) is 61.2 cm³/mol. The van der Waals surface area contributed by atoms with Gasteiger partial charge in [-0.2, -0.15) is 4.98 Å². The zero-order valence-electron chi connectivity index (χ0n) is 8.59. The molecule has 0 aliphatic carbocycles. The number of hydrogen-bond acceptors (Lipinski definition) is 5. The maximum absolute atomic E-state index is 5.47. The third kappa shape index (κ3) is 1.52. The van der Waals surface area contributed by atoms with Crippen molar-refractivity contribution in [2.75, 3.05) is 5.75 Å². The first kappa shape index (κ1) is 9.86. The van der Waals surface area contributed by atoms with Crippen LogP contribution in [0, 0.1) is 0 Å². The molecule has 2 aromatic rings. The van der Waals surface area contributed by atoms with Crippen molar-refractivity contribution in [1.82, 2.24) is 10.1 Å². The summed E-state index contributed by atoms with van der Waals surface area (Å²) < 4.78 is 5.24. The first-order chi connectivity index (χ1) is 7.88. The van der Waals surface area contributed by atoms with Crippen molar-refractivity contribution in [2.24, 2.45) is 5.73 Å². The van der Waals surface area contributed by atoms with E-state index in [1.165, 1.54) is 10.5 Å². The summed E-state index contributed by atoms with van der Waals surface area (Å²) in [6.07, 6.45) is 0. The second-order valence-corrected chi connectivity index (χ2v) is 4.72. The van der Waals surface area contributed by atoms with Crippen LogP contribution < -0.4 is 5.73 Å². The summed E-state index contributed by atoms with van der Waals surface area (Å²) in [4.78, 5) is 5.60. The highest BCUT2D eigenvalue weighted by molar-refractivity contribution is 7.99. The van der Waals surface area contributed by atoms with Gasteiger partial charge in [0.05, 0.1) is 12.5 Å². The largest absolute Gasteiger partial charge is 0.339 e. The molecule has 1 aromatic heterocycles. The van der Waals surface area contributed by atoms with Crippen LogP contribution in [0.25, 0.3) is 0 Å². The molecular weight excluding hydrogens is 222 g/mol. The summed E-state index contributed by atoms with van der Waals surface area (Å²) in [5.74, 6) is 2.43. The van der Waals surface area contributed by atoms with Gasteiger partial charge in [-0.1, -0.05) is 23.4 Å². The molecular formula is C11H11N3OS. The van der Waals surface area contributed by atoms with Crippen molar-refractivity contribution < 1.29 is 4.52 Å². The number of aromatic nitrogens is 2. The summed E-state index contributed by atoms with van der Waals surface area (Å²) in [5.41, 5.74) is 6.74. The average molecular weight is 233 g/mol. The lowest BCUT2D eigenvalue weighted by Crippen LogP contribution is -2.02. The molecule has 82 valence electrons. The number of rotatable bonds is 2. The minimum atomic E-state index is 0.217. The third-order valence-electron chi connectivity index (χ3n) is 2.66. The van der Waals surface area contributed by atoms with Crippen molar-refractivity contribution in [2.45, 2.75) is 17.4 Å². The van der Waals surface area contributed by atoms with Crippen molar-refractivity contribution in [1.29, 1.82) is 0 Å². The average Bonchev–Trinajstić information content (AvgIpc) is 2.94. The Morgan fingerprint density at radius 2 is 2.31 bits per heavy atom. The quantitative estimate of drug-likeness (QED) is 0.856. The van der Waals surface area contributed by atoms with Crippen LogP contribution in [0.5, 0.6) is 0 Å². The van der Waals surface area contributed by atoms with E-state index < -0.39 is 0 Å². The van der Waals surface area contributed by atoms with Gasteiger partial charge in [0, 0.05) is 10.6 Å². The Morgan fingerprint density at radius 1 is 1.44 bits per heavy atom. The van der Waals surface area contributed by atoms with E-state index in [0.29, 0.717) is 18.3 Å². The van der Waals surface area contributed by atoms with Crippen molar-refractivity contribution >= 4 is 11.8 Å². The number of nitrogens with zero attached hydrogens (tertiary/aromatic N) is 2. The molecule has 3 rings (SSSR count). The molecule has 0 amide bonds. The fraction of sp³-hybridized carbons (Fsp3) is 0.273. The molecule has 16 heavy (non-hydrogen) atoms. The maximum atomic E-state index is 5.47. The summed E-state index contributed by atoms with van der Waals surface area (Å²) in [6, 6.07) is 8.33. The highest BCUT2D eigenvalue weighted by Crippen LogP contribution is 2.42. The second kappa shape index (κ2) is 3.92. The van der Waals surface area contributed by atoms with Crippen LogP contribution >= 0.6 is 11.8 Å². The Balaban J connectivity index is 1.98. The zero-order chi connectivity index (χ0) is 11.0. The lowest BCUT2D eigenvalue weighted by atomic mass is 10.0. The normalized spacial score (nSPS) is 18.7. The van der Waals surface area contributed by atoms with Gasteiger partial charge in [-0.3, -0.25) is 0 Å². The van der Waals surface area contributed by atoms with Crippen molar-refractivity contribution in [3.05, 3.63) is 41.5 Å². The minimum absolute atomic E-state index is 0.217. The molecule has 1 aromatic carbocycles. The lowest BCUT2D eigenvalue weighted by molar-refractivity contribution is 0.367. The fourth-order valence-corrected chi connectivity index (χ4v) is 3.08. The monoisotopic (exact) mass is 233 g/mol. The topological polar surface area (TPSA) is 64.9 Å². The maximum Gasteiger partial charge on any atom is 0.235 e. The highest BCUT2D eigenvalue weighted by Gasteiger charge is 2.28. The van der Waals surface area contributed by atoms with Gasteiger partial charge in [0.2, 0.25) is 5.89 Å². The number of hydrogen-bond donors (Lipinski definition) is 1. The van der Waals surface area contributed by atoms with E-state index in [-0.39, 0.29) is 5.92 Å². The van der Waals surface area contributed by atoms with Gasteiger partial charge in [0.1, 0.15) is 0 Å². The molecule has 0 saturated heterocycles. The fourth-order valence-electron chi connectivity index (χ4n) is 1.86. The number of thioether (sulfide) groups is 1. The summed E-state index contributed by atoms with van der Waals surface area (Å²) >= 11 is 1.83. The molecule has 0 spiro atoms. The van der Waals surface area contributed by atoms with Crippen LogP contribution in [-0.4, -0.2) is 15.9 Å². The molecule has 0 fully saturated rings. The molecule has 1 unspecified atom stereocenters. The first-order valence-corrected chi connectivity index (χ1v) is 6.11. The Labute approximate surface area is 97.2 Å². The molecule has 0 saturated carbocycles. The van der Waals surface area contributed by atoms with Gasteiger partial charge >= 0.3 is 0 Å². The lowest BCUT2D eigenvalue weighted by Gasteiger charge is -2.03. The van der Waals surface area contributed by atoms with Crippen LogP contribution in [0.4, 0.5) is 0 Å². The standard InChI is InChI=1S/C11H11N3OS/c12-5-10-13-11(15-14-10)8-6-16-9-4-2-1-3-7(8)9/h1-4,8H,5-6,12H2. The van der Waals surface area contributed by atoms with Crippen LogP contribution in [0.2, 0.25) is 0 Å². The third-order valence-corrected chi connectivity index (χ3v) is 3.85.